The second-order valence-electron chi connectivity index (χ2n) is 6.18. The van der Waals surface area contributed by atoms with E-state index in [1.807, 2.05) is 24.8 Å². The first-order valence-electron chi connectivity index (χ1n) is 8.70. The molecule has 1 rings (SSSR count). The number of carbonyl (C=O) groups excluding carboxylic acids is 1. The lowest BCUT2D eigenvalue weighted by atomic mass is 10.1. The van der Waals surface area contributed by atoms with Crippen molar-refractivity contribution in [3.63, 3.8) is 0 Å². The van der Waals surface area contributed by atoms with Crippen LogP contribution in [0.25, 0.3) is 0 Å². The van der Waals surface area contributed by atoms with Gasteiger partial charge in [0.1, 0.15) is 6.61 Å². The molecule has 130 valence electrons. The highest BCUT2D eigenvalue weighted by atomic mass is 32.2. The molecule has 0 radical (unpaired) electrons. The van der Waals surface area contributed by atoms with Gasteiger partial charge in [-0.05, 0) is 25.8 Å². The van der Waals surface area contributed by atoms with Gasteiger partial charge in [0.25, 0.3) is 0 Å². The van der Waals surface area contributed by atoms with Gasteiger partial charge in [-0.2, -0.15) is 0 Å². The molecule has 1 unspecified atom stereocenters. The molecule has 0 aliphatic heterocycles. The van der Waals surface area contributed by atoms with Crippen LogP contribution in [0, 0.1) is 0 Å². The number of nitrogens with zero attached hydrogens (tertiary/aromatic N) is 1. The highest BCUT2D eigenvalue weighted by Gasteiger charge is 2.19. The summed E-state index contributed by atoms with van der Waals surface area (Å²) in [7, 11) is 2.30. The molecule has 0 N–H and O–H groups in total. The number of rotatable bonds is 11. The van der Waals surface area contributed by atoms with Gasteiger partial charge in [-0.25, -0.2) is 0 Å². The highest BCUT2D eigenvalue weighted by molar-refractivity contribution is 7.99. The fourth-order valence-corrected chi connectivity index (χ4v) is 3.65. The van der Waals surface area contributed by atoms with E-state index >= 15 is 0 Å². The van der Waals surface area contributed by atoms with E-state index in [9.17, 15) is 4.79 Å². The van der Waals surface area contributed by atoms with E-state index in [1.54, 1.807) is 0 Å². The molecule has 3 nitrogen and oxygen atoms in total. The molecule has 0 bridgehead atoms. The number of quaternary nitrogens is 1. The van der Waals surface area contributed by atoms with Gasteiger partial charge in [0, 0.05) is 12.2 Å². The van der Waals surface area contributed by atoms with Crippen molar-refractivity contribution >= 4 is 17.7 Å². The van der Waals surface area contributed by atoms with Gasteiger partial charge in [-0.3, -0.25) is 4.79 Å². The summed E-state index contributed by atoms with van der Waals surface area (Å²) in [5.41, 5.74) is 1.24. The van der Waals surface area contributed by atoms with Crippen molar-refractivity contribution in [1.82, 2.24) is 0 Å². The zero-order valence-electron chi connectivity index (χ0n) is 15.1. The van der Waals surface area contributed by atoms with Crippen LogP contribution >= 0.6 is 11.8 Å². The van der Waals surface area contributed by atoms with Crippen molar-refractivity contribution in [2.45, 2.75) is 38.9 Å². The van der Waals surface area contributed by atoms with Gasteiger partial charge in [-0.15, -0.1) is 11.8 Å². The minimum atomic E-state index is -0.0863. The Morgan fingerprint density at radius 1 is 1.17 bits per heavy atom. The van der Waals surface area contributed by atoms with Gasteiger partial charge < -0.3 is 9.22 Å². The number of ether oxygens (including phenoxy) is 1. The summed E-state index contributed by atoms with van der Waals surface area (Å²) in [5, 5.41) is 0.221. The fourth-order valence-electron chi connectivity index (χ4n) is 2.31. The molecule has 23 heavy (non-hydrogen) atoms. The molecule has 0 heterocycles. The second-order valence-corrected chi connectivity index (χ2v) is 7.49. The molecule has 4 heteroatoms. The molecule has 1 aromatic rings. The minimum Gasteiger partial charge on any atom is -0.464 e. The van der Waals surface area contributed by atoms with Crippen molar-refractivity contribution in [3.8, 4) is 0 Å². The third-order valence-corrected chi connectivity index (χ3v) is 5.73. The van der Waals surface area contributed by atoms with Gasteiger partial charge in [-0.1, -0.05) is 37.3 Å². The summed E-state index contributed by atoms with van der Waals surface area (Å²) in [5.74, 6) is 0.986. The number of benzene rings is 1. The molecule has 0 saturated carbocycles. The summed E-state index contributed by atoms with van der Waals surface area (Å²) in [4.78, 5) is 11.7. The zero-order valence-corrected chi connectivity index (χ0v) is 15.9. The fraction of sp³-hybridized carbons (Fsp3) is 0.632. The first kappa shape index (κ1) is 20.0. The molecule has 0 aliphatic rings. The maximum absolute atomic E-state index is 11.7. The predicted octanol–water partition coefficient (Wildman–Crippen LogP) is 4.29. The van der Waals surface area contributed by atoms with Crippen LogP contribution in [0.3, 0.4) is 0 Å². The van der Waals surface area contributed by atoms with Crippen molar-refractivity contribution in [2.75, 3.05) is 39.0 Å². The van der Waals surface area contributed by atoms with Crippen molar-refractivity contribution < 1.29 is 14.0 Å². The van der Waals surface area contributed by atoms with Crippen LogP contribution in [0.5, 0.6) is 0 Å². The van der Waals surface area contributed by atoms with E-state index in [0.29, 0.717) is 13.0 Å². The maximum Gasteiger partial charge on any atom is 0.305 e. The monoisotopic (exact) mass is 338 g/mol. The second kappa shape index (κ2) is 10.7. The third-order valence-electron chi connectivity index (χ3n) is 4.50. The van der Waals surface area contributed by atoms with Gasteiger partial charge in [0.05, 0.1) is 31.9 Å². The number of thioether (sulfide) groups is 1. The van der Waals surface area contributed by atoms with Crippen molar-refractivity contribution in [1.29, 1.82) is 0 Å². The van der Waals surface area contributed by atoms with Crippen LogP contribution in [0.1, 0.15) is 44.4 Å². The lowest BCUT2D eigenvalue weighted by Gasteiger charge is -2.32. The summed E-state index contributed by atoms with van der Waals surface area (Å²) >= 11 is 1.90. The molecule has 0 spiro atoms. The molecule has 0 saturated heterocycles. The Bertz CT molecular complexity index is 446. The number of esters is 1. The van der Waals surface area contributed by atoms with Gasteiger partial charge in [0.15, 0.2) is 0 Å². The summed E-state index contributed by atoms with van der Waals surface area (Å²) in [6, 6.07) is 10.4. The normalized spacial score (nSPS) is 12.9. The van der Waals surface area contributed by atoms with E-state index in [2.05, 4.69) is 45.2 Å². The molecule has 0 aromatic heterocycles. The maximum atomic E-state index is 11.7. The van der Waals surface area contributed by atoms with E-state index in [-0.39, 0.29) is 11.2 Å². The molecule has 0 amide bonds. The summed E-state index contributed by atoms with van der Waals surface area (Å²) in [6.45, 7) is 10.4. The quantitative estimate of drug-likeness (QED) is 0.445. The molecule has 0 aliphatic carbocycles. The summed E-state index contributed by atoms with van der Waals surface area (Å²) in [6.07, 6.45) is 1.34. The van der Waals surface area contributed by atoms with E-state index in [0.717, 1.165) is 36.3 Å². The largest absolute Gasteiger partial charge is 0.464 e. The average Bonchev–Trinajstić information content (AvgIpc) is 2.58. The average molecular weight is 339 g/mol. The molecular formula is C19H32NO2S+. The Hall–Kier alpha value is -1.00. The van der Waals surface area contributed by atoms with Crippen LogP contribution in [-0.2, 0) is 9.53 Å². The lowest BCUT2D eigenvalue weighted by molar-refractivity contribution is -0.903. The molecule has 1 atom stereocenters. The highest BCUT2D eigenvalue weighted by Crippen LogP contribution is 2.29. The lowest BCUT2D eigenvalue weighted by Crippen LogP contribution is -2.45. The van der Waals surface area contributed by atoms with E-state index in [1.165, 1.54) is 5.56 Å². The Kier molecular flexibility index (Phi) is 9.34. The van der Waals surface area contributed by atoms with Crippen LogP contribution in [0.15, 0.2) is 30.3 Å². The topological polar surface area (TPSA) is 26.3 Å². The smallest absolute Gasteiger partial charge is 0.305 e. The number of hydrogen-bond acceptors (Lipinski definition) is 3. The molecule has 1 aromatic carbocycles. The summed E-state index contributed by atoms with van der Waals surface area (Å²) < 4.78 is 6.56. The number of carbonyl (C=O) groups is 1. The Balaban J connectivity index is 2.60. The zero-order chi connectivity index (χ0) is 17.1. The third kappa shape index (κ3) is 7.40. The van der Waals surface area contributed by atoms with Crippen LogP contribution in [0.2, 0.25) is 0 Å². The van der Waals surface area contributed by atoms with Crippen LogP contribution in [-0.4, -0.2) is 49.5 Å². The predicted molar refractivity (Wildman–Crippen MR) is 99.6 cm³/mol. The first-order valence-corrected chi connectivity index (χ1v) is 9.75. The van der Waals surface area contributed by atoms with Crippen molar-refractivity contribution in [3.05, 3.63) is 35.9 Å². The van der Waals surface area contributed by atoms with Gasteiger partial charge in [0.2, 0.25) is 0 Å². The Morgan fingerprint density at radius 3 is 2.39 bits per heavy atom. The SMILES string of the molecule is CCCC(=O)OCC(SCC[N+](C)(CC)CC)c1ccccc1. The first-order chi connectivity index (χ1) is 11.0. The standard InChI is InChI=1S/C19H32NO2S/c1-5-11-19(21)22-16-18(17-12-9-8-10-13-17)23-15-14-20(4,6-2)7-3/h8-10,12-13,18H,5-7,11,14-16H2,1-4H3/q+1. The molecule has 0 fully saturated rings. The molecular weight excluding hydrogens is 306 g/mol. The Morgan fingerprint density at radius 2 is 1.83 bits per heavy atom. The van der Waals surface area contributed by atoms with Crippen LogP contribution in [0.4, 0.5) is 0 Å². The van der Waals surface area contributed by atoms with Crippen LogP contribution < -0.4 is 0 Å². The number of hydrogen-bond donors (Lipinski definition) is 0. The Labute approximate surface area is 146 Å². The van der Waals surface area contributed by atoms with E-state index in [4.69, 9.17) is 4.74 Å². The van der Waals surface area contributed by atoms with E-state index < -0.39 is 0 Å². The minimum absolute atomic E-state index is 0.0863. The van der Waals surface area contributed by atoms with Gasteiger partial charge >= 0.3 is 5.97 Å². The van der Waals surface area contributed by atoms with Crippen molar-refractivity contribution in [2.24, 2.45) is 0 Å².